The van der Waals surface area contributed by atoms with Crippen LogP contribution in [0.2, 0.25) is 15.1 Å². The van der Waals surface area contributed by atoms with E-state index in [1.54, 1.807) is 12.1 Å². The van der Waals surface area contributed by atoms with Gasteiger partial charge in [-0.15, -0.1) is 0 Å². The minimum absolute atomic E-state index is 0.208. The molecule has 0 heterocycles. The smallest absolute Gasteiger partial charge is 0.169 e. The predicted octanol–water partition coefficient (Wildman–Crippen LogP) is 6.68. The van der Waals surface area contributed by atoms with Gasteiger partial charge in [0.1, 0.15) is 0 Å². The molecule has 0 aliphatic heterocycles. The van der Waals surface area contributed by atoms with Crippen LogP contribution in [0.4, 0.5) is 5.69 Å². The van der Waals surface area contributed by atoms with Crippen molar-refractivity contribution in [3.63, 3.8) is 0 Å². The van der Waals surface area contributed by atoms with Gasteiger partial charge in [-0.25, -0.2) is 0 Å². The van der Waals surface area contributed by atoms with Crippen LogP contribution in [0, 0.1) is 0 Å². The lowest BCUT2D eigenvalue weighted by atomic mass is 10.2. The summed E-state index contributed by atoms with van der Waals surface area (Å²) in [4.78, 5) is 2.20. The number of para-hydroxylation sites is 1. The van der Waals surface area contributed by atoms with Crippen LogP contribution in [0.3, 0.4) is 0 Å². The molecule has 0 aliphatic carbocycles. The molecule has 2 aromatic carbocycles. The van der Waals surface area contributed by atoms with E-state index < -0.39 is 0 Å². The Morgan fingerprint density at radius 3 is 2.22 bits per heavy atom. The SMILES string of the molecule is CCCCN(c1ccccc1)C(C)Oc1c(Cl)cc(Cl)cc1Cl. The Kier molecular flexibility index (Phi) is 6.88. The normalized spacial score (nSPS) is 12.0. The lowest BCUT2D eigenvalue weighted by Gasteiger charge is -2.32. The summed E-state index contributed by atoms with van der Waals surface area (Å²) in [5.74, 6) is 0.461. The van der Waals surface area contributed by atoms with Crippen molar-refractivity contribution in [3.05, 3.63) is 57.5 Å². The molecule has 23 heavy (non-hydrogen) atoms. The van der Waals surface area contributed by atoms with Crippen LogP contribution in [0.5, 0.6) is 5.75 Å². The standard InChI is InChI=1S/C18H20Cl3NO/c1-3-4-10-22(15-8-6-5-7-9-15)13(2)23-18-16(20)11-14(19)12-17(18)21/h5-9,11-13H,3-4,10H2,1-2H3. The van der Waals surface area contributed by atoms with Crippen molar-refractivity contribution in [1.29, 1.82) is 0 Å². The number of hydrogen-bond donors (Lipinski definition) is 0. The second-order valence-electron chi connectivity index (χ2n) is 5.30. The first-order valence-electron chi connectivity index (χ1n) is 7.65. The summed E-state index contributed by atoms with van der Waals surface area (Å²) < 4.78 is 6.05. The zero-order valence-corrected chi connectivity index (χ0v) is 15.5. The van der Waals surface area contributed by atoms with Gasteiger partial charge in [0.25, 0.3) is 0 Å². The van der Waals surface area contributed by atoms with Gasteiger partial charge in [-0.3, -0.25) is 0 Å². The van der Waals surface area contributed by atoms with Crippen LogP contribution in [0.15, 0.2) is 42.5 Å². The van der Waals surface area contributed by atoms with Crippen molar-refractivity contribution in [2.45, 2.75) is 32.9 Å². The average molecular weight is 373 g/mol. The van der Waals surface area contributed by atoms with Gasteiger partial charge in [-0.2, -0.15) is 0 Å². The van der Waals surface area contributed by atoms with Crippen LogP contribution in [0.25, 0.3) is 0 Å². The molecule has 0 saturated carbocycles. The molecule has 1 unspecified atom stereocenters. The van der Waals surface area contributed by atoms with E-state index in [9.17, 15) is 0 Å². The van der Waals surface area contributed by atoms with Crippen molar-refractivity contribution in [2.75, 3.05) is 11.4 Å². The van der Waals surface area contributed by atoms with E-state index in [0.29, 0.717) is 20.8 Å². The first-order chi connectivity index (χ1) is 11.0. The van der Waals surface area contributed by atoms with E-state index in [4.69, 9.17) is 39.5 Å². The largest absolute Gasteiger partial charge is 0.468 e. The maximum atomic E-state index is 6.22. The highest BCUT2D eigenvalue weighted by Gasteiger charge is 2.19. The quantitative estimate of drug-likeness (QED) is 0.503. The molecule has 0 amide bonds. The van der Waals surface area contributed by atoms with Crippen LogP contribution in [-0.4, -0.2) is 12.8 Å². The number of unbranched alkanes of at least 4 members (excludes halogenated alkanes) is 1. The van der Waals surface area contributed by atoms with Crippen molar-refractivity contribution >= 4 is 40.5 Å². The number of benzene rings is 2. The van der Waals surface area contributed by atoms with E-state index in [1.165, 1.54) is 0 Å². The molecule has 0 spiro atoms. The van der Waals surface area contributed by atoms with Crippen LogP contribution >= 0.6 is 34.8 Å². The maximum Gasteiger partial charge on any atom is 0.169 e. The van der Waals surface area contributed by atoms with Crippen molar-refractivity contribution in [3.8, 4) is 5.75 Å². The highest BCUT2D eigenvalue weighted by Crippen LogP contribution is 2.37. The summed E-state index contributed by atoms with van der Waals surface area (Å²) in [6.45, 7) is 5.05. The number of hydrogen-bond acceptors (Lipinski definition) is 2. The summed E-state index contributed by atoms with van der Waals surface area (Å²) in [6.07, 6.45) is 1.98. The molecule has 0 N–H and O–H groups in total. The van der Waals surface area contributed by atoms with E-state index in [-0.39, 0.29) is 6.23 Å². The number of halogens is 3. The number of nitrogens with zero attached hydrogens (tertiary/aromatic N) is 1. The van der Waals surface area contributed by atoms with Gasteiger partial charge >= 0.3 is 0 Å². The number of ether oxygens (including phenoxy) is 1. The summed E-state index contributed by atoms with van der Waals surface area (Å²) >= 11 is 18.4. The molecule has 0 bridgehead atoms. The van der Waals surface area contributed by atoms with E-state index >= 15 is 0 Å². The summed E-state index contributed by atoms with van der Waals surface area (Å²) in [6, 6.07) is 13.4. The molecule has 0 aliphatic rings. The molecule has 0 saturated heterocycles. The topological polar surface area (TPSA) is 12.5 Å². The minimum Gasteiger partial charge on any atom is -0.468 e. The molecule has 2 rings (SSSR count). The molecule has 5 heteroatoms. The van der Waals surface area contributed by atoms with Crippen LogP contribution in [0.1, 0.15) is 26.7 Å². The lowest BCUT2D eigenvalue weighted by Crippen LogP contribution is -2.38. The molecule has 2 nitrogen and oxygen atoms in total. The Bertz CT molecular complexity index is 610. The van der Waals surface area contributed by atoms with Gasteiger partial charge in [-0.1, -0.05) is 66.3 Å². The third-order valence-electron chi connectivity index (χ3n) is 3.53. The van der Waals surface area contributed by atoms with Gasteiger partial charge in [0.15, 0.2) is 12.0 Å². The first-order valence-corrected chi connectivity index (χ1v) is 8.79. The van der Waals surface area contributed by atoms with Gasteiger partial charge in [0.05, 0.1) is 10.0 Å². The molecular formula is C18H20Cl3NO. The third kappa shape index (κ3) is 4.94. The molecule has 0 fully saturated rings. The van der Waals surface area contributed by atoms with E-state index in [1.807, 2.05) is 25.1 Å². The van der Waals surface area contributed by atoms with Crippen LogP contribution in [-0.2, 0) is 0 Å². The molecule has 1 atom stereocenters. The highest BCUT2D eigenvalue weighted by molar-refractivity contribution is 6.40. The van der Waals surface area contributed by atoms with Gasteiger partial charge < -0.3 is 9.64 Å². The zero-order valence-electron chi connectivity index (χ0n) is 13.2. The van der Waals surface area contributed by atoms with Gasteiger partial charge in [0.2, 0.25) is 0 Å². The van der Waals surface area contributed by atoms with Crippen molar-refractivity contribution in [1.82, 2.24) is 0 Å². The monoisotopic (exact) mass is 371 g/mol. The first kappa shape index (κ1) is 18.3. The zero-order chi connectivity index (χ0) is 16.8. The Morgan fingerprint density at radius 2 is 1.65 bits per heavy atom. The van der Waals surface area contributed by atoms with E-state index in [0.717, 1.165) is 25.1 Å². The molecule has 2 aromatic rings. The third-order valence-corrected chi connectivity index (χ3v) is 4.31. The fourth-order valence-corrected chi connectivity index (χ4v) is 3.25. The maximum absolute atomic E-state index is 6.22. The Labute approximate surface area is 152 Å². The highest BCUT2D eigenvalue weighted by atomic mass is 35.5. The minimum atomic E-state index is -0.208. The number of rotatable bonds is 7. The van der Waals surface area contributed by atoms with Crippen LogP contribution < -0.4 is 9.64 Å². The van der Waals surface area contributed by atoms with E-state index in [2.05, 4.69) is 24.0 Å². The Hall–Kier alpha value is -1.09. The fraction of sp³-hybridized carbons (Fsp3) is 0.333. The summed E-state index contributed by atoms with van der Waals surface area (Å²) in [7, 11) is 0. The lowest BCUT2D eigenvalue weighted by molar-refractivity contribution is 0.214. The van der Waals surface area contributed by atoms with Crippen molar-refractivity contribution < 1.29 is 4.74 Å². The van der Waals surface area contributed by atoms with Gasteiger partial charge in [-0.05, 0) is 37.6 Å². The Balaban J connectivity index is 2.23. The molecule has 0 aromatic heterocycles. The molecule has 124 valence electrons. The second kappa shape index (κ2) is 8.68. The average Bonchev–Trinajstić information content (AvgIpc) is 2.52. The second-order valence-corrected chi connectivity index (χ2v) is 6.55. The summed E-state index contributed by atoms with van der Waals surface area (Å²) in [5.41, 5.74) is 1.11. The summed E-state index contributed by atoms with van der Waals surface area (Å²) in [5, 5.41) is 1.32. The molecular weight excluding hydrogens is 353 g/mol. The predicted molar refractivity (Wildman–Crippen MR) is 100 cm³/mol. The molecule has 0 radical (unpaired) electrons. The van der Waals surface area contributed by atoms with Crippen molar-refractivity contribution in [2.24, 2.45) is 0 Å². The number of anilines is 1. The van der Waals surface area contributed by atoms with Gasteiger partial charge in [0, 0.05) is 17.3 Å². The fourth-order valence-electron chi connectivity index (χ4n) is 2.34. The Morgan fingerprint density at radius 1 is 1.04 bits per heavy atom.